The molecule has 3 nitrogen and oxygen atoms in total. The molecule has 0 saturated carbocycles. The zero-order valence-corrected chi connectivity index (χ0v) is 11.4. The fraction of sp³-hybridized carbons (Fsp3) is 0.923. The molecule has 0 amide bonds. The molecular weight excluding hydrogens is 202 g/mol. The van der Waals surface area contributed by atoms with Gasteiger partial charge in [0, 0.05) is 12.6 Å². The van der Waals surface area contributed by atoms with Crippen LogP contribution in [-0.4, -0.2) is 35.1 Å². The van der Waals surface area contributed by atoms with E-state index in [0.717, 1.165) is 13.0 Å². The molecule has 16 heavy (non-hydrogen) atoms. The van der Waals surface area contributed by atoms with E-state index in [2.05, 4.69) is 25.7 Å². The van der Waals surface area contributed by atoms with Gasteiger partial charge in [-0.2, -0.15) is 0 Å². The maximum atomic E-state index is 11.1. The molecule has 0 aromatic rings. The summed E-state index contributed by atoms with van der Waals surface area (Å²) < 4.78 is 0. The molecule has 0 aliphatic heterocycles. The monoisotopic (exact) mass is 229 g/mol. The summed E-state index contributed by atoms with van der Waals surface area (Å²) in [5, 5.41) is 9.12. The predicted molar refractivity (Wildman–Crippen MR) is 67.7 cm³/mol. The van der Waals surface area contributed by atoms with Gasteiger partial charge in [-0.05, 0) is 40.7 Å². The molecule has 0 heterocycles. The van der Waals surface area contributed by atoms with Crippen LogP contribution in [0, 0.1) is 5.41 Å². The minimum absolute atomic E-state index is 0.412. The van der Waals surface area contributed by atoms with E-state index >= 15 is 0 Å². The Labute approximate surface area is 99.8 Å². The second-order valence-corrected chi connectivity index (χ2v) is 5.46. The third-order valence-electron chi connectivity index (χ3n) is 2.96. The number of carboxylic acids is 1. The third kappa shape index (κ3) is 5.50. The molecule has 1 N–H and O–H groups in total. The lowest BCUT2D eigenvalue weighted by molar-refractivity contribution is -0.148. The number of hydrogen-bond donors (Lipinski definition) is 1. The summed E-state index contributed by atoms with van der Waals surface area (Å²) in [5.41, 5.74) is -0.656. The highest BCUT2D eigenvalue weighted by atomic mass is 16.4. The van der Waals surface area contributed by atoms with Gasteiger partial charge in [-0.1, -0.05) is 19.8 Å². The van der Waals surface area contributed by atoms with Crippen molar-refractivity contribution in [2.24, 2.45) is 5.41 Å². The first-order chi connectivity index (χ1) is 7.31. The fourth-order valence-electron chi connectivity index (χ4n) is 1.66. The van der Waals surface area contributed by atoms with Crippen molar-refractivity contribution in [3.8, 4) is 0 Å². The Morgan fingerprint density at radius 2 is 1.88 bits per heavy atom. The lowest BCUT2D eigenvalue weighted by Gasteiger charge is -2.32. The van der Waals surface area contributed by atoms with E-state index in [4.69, 9.17) is 5.11 Å². The molecule has 0 atom stereocenters. The number of unbranched alkanes of at least 4 members (excludes halogenated alkanes) is 2. The van der Waals surface area contributed by atoms with E-state index in [9.17, 15) is 4.79 Å². The normalized spacial score (nSPS) is 12.4. The molecule has 0 aromatic carbocycles. The smallest absolute Gasteiger partial charge is 0.310 e. The summed E-state index contributed by atoms with van der Waals surface area (Å²) in [7, 11) is 0. The van der Waals surface area contributed by atoms with E-state index in [1.807, 2.05) is 0 Å². The Bertz CT molecular complexity index is 212. The Morgan fingerprint density at radius 3 is 2.25 bits per heavy atom. The number of aliphatic carboxylic acids is 1. The molecule has 0 aromatic heterocycles. The highest BCUT2D eigenvalue weighted by Crippen LogP contribution is 2.19. The third-order valence-corrected chi connectivity index (χ3v) is 2.96. The first-order valence-electron chi connectivity index (χ1n) is 6.28. The summed E-state index contributed by atoms with van der Waals surface area (Å²) >= 11 is 0. The van der Waals surface area contributed by atoms with Crippen molar-refractivity contribution < 1.29 is 9.90 Å². The summed E-state index contributed by atoms with van der Waals surface area (Å²) in [4.78, 5) is 13.4. The van der Waals surface area contributed by atoms with Gasteiger partial charge in [0.15, 0.2) is 0 Å². The first kappa shape index (κ1) is 15.4. The van der Waals surface area contributed by atoms with E-state index in [1.165, 1.54) is 12.8 Å². The Hall–Kier alpha value is -0.570. The van der Waals surface area contributed by atoms with Crippen molar-refractivity contribution in [3.05, 3.63) is 0 Å². The predicted octanol–water partition coefficient (Wildman–Crippen LogP) is 3.00. The first-order valence-corrected chi connectivity index (χ1v) is 6.28. The van der Waals surface area contributed by atoms with Crippen LogP contribution in [0.5, 0.6) is 0 Å². The maximum Gasteiger partial charge on any atom is 0.310 e. The van der Waals surface area contributed by atoms with E-state index in [-0.39, 0.29) is 0 Å². The van der Waals surface area contributed by atoms with Gasteiger partial charge in [0.25, 0.3) is 0 Å². The molecular formula is C13H27NO2. The molecule has 0 fully saturated rings. The van der Waals surface area contributed by atoms with Gasteiger partial charge < -0.3 is 5.11 Å². The topological polar surface area (TPSA) is 40.5 Å². The lowest BCUT2D eigenvalue weighted by Crippen LogP contribution is -2.43. The van der Waals surface area contributed by atoms with Gasteiger partial charge >= 0.3 is 5.97 Å². The fourth-order valence-corrected chi connectivity index (χ4v) is 1.66. The Kier molecular flexibility index (Phi) is 6.65. The van der Waals surface area contributed by atoms with Crippen molar-refractivity contribution in [2.75, 3.05) is 13.1 Å². The summed E-state index contributed by atoms with van der Waals surface area (Å²) in [6, 6.07) is 0.412. The highest BCUT2D eigenvalue weighted by molar-refractivity contribution is 5.73. The zero-order valence-electron chi connectivity index (χ0n) is 11.4. The molecule has 0 radical (unpaired) electrons. The molecule has 3 heteroatoms. The molecule has 0 aliphatic carbocycles. The molecule has 96 valence electrons. The molecule has 0 bridgehead atoms. The molecule has 0 unspecified atom stereocenters. The van der Waals surface area contributed by atoms with Gasteiger partial charge in [-0.3, -0.25) is 9.69 Å². The van der Waals surface area contributed by atoms with E-state index in [0.29, 0.717) is 12.6 Å². The Balaban J connectivity index is 4.28. The molecule has 0 spiro atoms. The molecule has 0 saturated heterocycles. The van der Waals surface area contributed by atoms with Crippen LogP contribution in [0.3, 0.4) is 0 Å². The highest BCUT2D eigenvalue weighted by Gasteiger charge is 2.30. The minimum Gasteiger partial charge on any atom is -0.481 e. The number of carbonyl (C=O) groups is 1. The van der Waals surface area contributed by atoms with Crippen LogP contribution in [0.4, 0.5) is 0 Å². The van der Waals surface area contributed by atoms with Crippen molar-refractivity contribution >= 4 is 5.97 Å². The average Bonchev–Trinajstić information content (AvgIpc) is 2.16. The zero-order chi connectivity index (χ0) is 12.8. The van der Waals surface area contributed by atoms with Gasteiger partial charge in [-0.15, -0.1) is 0 Å². The van der Waals surface area contributed by atoms with Crippen LogP contribution in [0.25, 0.3) is 0 Å². The van der Waals surface area contributed by atoms with Crippen LogP contribution in [-0.2, 0) is 4.79 Å². The van der Waals surface area contributed by atoms with Crippen LogP contribution in [0.15, 0.2) is 0 Å². The van der Waals surface area contributed by atoms with Crippen molar-refractivity contribution in [1.29, 1.82) is 0 Å². The molecule has 0 rings (SSSR count). The van der Waals surface area contributed by atoms with Crippen LogP contribution < -0.4 is 0 Å². The number of rotatable bonds is 8. The maximum absolute atomic E-state index is 11.1. The van der Waals surface area contributed by atoms with Gasteiger partial charge in [0.05, 0.1) is 5.41 Å². The van der Waals surface area contributed by atoms with Gasteiger partial charge in [0.1, 0.15) is 0 Å². The Morgan fingerprint density at radius 1 is 1.31 bits per heavy atom. The second kappa shape index (κ2) is 6.89. The quantitative estimate of drug-likeness (QED) is 0.650. The summed E-state index contributed by atoms with van der Waals surface area (Å²) in [6.07, 6.45) is 3.58. The average molecular weight is 229 g/mol. The SMILES string of the molecule is CCCCCN(CC(C)(C)C(=O)O)C(C)C. The van der Waals surface area contributed by atoms with Crippen molar-refractivity contribution in [2.45, 2.75) is 59.9 Å². The standard InChI is InChI=1S/C13H27NO2/c1-6-7-8-9-14(11(2)3)10-13(4,5)12(15)16/h11H,6-10H2,1-5H3,(H,15,16). The van der Waals surface area contributed by atoms with Gasteiger partial charge in [-0.25, -0.2) is 0 Å². The summed E-state index contributed by atoms with van der Waals surface area (Å²) in [5.74, 6) is -0.714. The lowest BCUT2D eigenvalue weighted by atomic mass is 9.92. The van der Waals surface area contributed by atoms with E-state index < -0.39 is 11.4 Å². The second-order valence-electron chi connectivity index (χ2n) is 5.46. The number of carboxylic acid groups (broad SMARTS) is 1. The van der Waals surface area contributed by atoms with Gasteiger partial charge in [0.2, 0.25) is 0 Å². The van der Waals surface area contributed by atoms with Crippen LogP contribution in [0.2, 0.25) is 0 Å². The summed E-state index contributed by atoms with van der Waals surface area (Å²) in [6.45, 7) is 11.7. The van der Waals surface area contributed by atoms with Crippen LogP contribution in [0.1, 0.15) is 53.9 Å². The minimum atomic E-state index is -0.714. The largest absolute Gasteiger partial charge is 0.481 e. The van der Waals surface area contributed by atoms with Crippen molar-refractivity contribution in [1.82, 2.24) is 4.90 Å². The van der Waals surface area contributed by atoms with Crippen LogP contribution >= 0.6 is 0 Å². The van der Waals surface area contributed by atoms with Crippen molar-refractivity contribution in [3.63, 3.8) is 0 Å². The number of nitrogens with zero attached hydrogens (tertiary/aromatic N) is 1. The number of hydrogen-bond acceptors (Lipinski definition) is 2. The molecule has 0 aliphatic rings. The van der Waals surface area contributed by atoms with E-state index in [1.54, 1.807) is 13.8 Å².